The minimum atomic E-state index is -0.626. The van der Waals surface area contributed by atoms with Crippen LogP contribution in [0.3, 0.4) is 0 Å². The SMILES string of the molecule is CC(C)NCC(O)C1C=CC(=O)C(O)=C1. The van der Waals surface area contributed by atoms with E-state index in [0.29, 0.717) is 12.6 Å². The molecule has 0 heterocycles. The summed E-state index contributed by atoms with van der Waals surface area (Å²) in [6.07, 6.45) is 3.65. The molecule has 0 saturated carbocycles. The molecular formula is C11H17NO3. The summed E-state index contributed by atoms with van der Waals surface area (Å²) in [4.78, 5) is 10.9. The third-order valence-electron chi connectivity index (χ3n) is 2.25. The van der Waals surface area contributed by atoms with Crippen LogP contribution in [-0.2, 0) is 4.79 Å². The molecule has 0 saturated heterocycles. The van der Waals surface area contributed by atoms with Crippen LogP contribution in [0.5, 0.6) is 0 Å². The second kappa shape index (κ2) is 5.09. The molecule has 1 aliphatic rings. The van der Waals surface area contributed by atoms with Crippen molar-refractivity contribution in [3.8, 4) is 0 Å². The Balaban J connectivity index is 2.51. The predicted molar refractivity (Wildman–Crippen MR) is 57.5 cm³/mol. The van der Waals surface area contributed by atoms with Crippen LogP contribution in [0, 0.1) is 5.92 Å². The molecule has 0 fully saturated rings. The number of rotatable bonds is 4. The summed E-state index contributed by atoms with van der Waals surface area (Å²) in [5.74, 6) is -0.990. The topological polar surface area (TPSA) is 69.6 Å². The number of hydrogen-bond donors (Lipinski definition) is 3. The van der Waals surface area contributed by atoms with Gasteiger partial charge in [0.15, 0.2) is 5.76 Å². The van der Waals surface area contributed by atoms with Crippen molar-refractivity contribution in [1.82, 2.24) is 5.32 Å². The van der Waals surface area contributed by atoms with Crippen molar-refractivity contribution >= 4 is 5.78 Å². The Morgan fingerprint density at radius 3 is 2.73 bits per heavy atom. The lowest BCUT2D eigenvalue weighted by Gasteiger charge is -2.20. The highest BCUT2D eigenvalue weighted by Crippen LogP contribution is 2.15. The van der Waals surface area contributed by atoms with Gasteiger partial charge in [0.2, 0.25) is 5.78 Å². The fourth-order valence-electron chi connectivity index (χ4n) is 1.34. The Morgan fingerprint density at radius 1 is 1.53 bits per heavy atom. The number of aliphatic hydroxyl groups is 2. The van der Waals surface area contributed by atoms with Crippen molar-refractivity contribution in [2.75, 3.05) is 6.54 Å². The number of carbonyl (C=O) groups excluding carboxylic acids is 1. The van der Waals surface area contributed by atoms with Gasteiger partial charge in [-0.15, -0.1) is 0 Å². The van der Waals surface area contributed by atoms with Gasteiger partial charge in [0.1, 0.15) is 0 Å². The molecule has 84 valence electrons. The van der Waals surface area contributed by atoms with E-state index in [4.69, 9.17) is 0 Å². The summed E-state index contributed by atoms with van der Waals surface area (Å²) in [6.45, 7) is 4.41. The van der Waals surface area contributed by atoms with Crippen LogP contribution in [-0.4, -0.2) is 34.7 Å². The predicted octanol–water partition coefficient (Wildman–Crippen LogP) is 0.542. The Kier molecular flexibility index (Phi) is 4.05. The van der Waals surface area contributed by atoms with Gasteiger partial charge in [-0.1, -0.05) is 19.9 Å². The molecule has 3 N–H and O–H groups in total. The molecule has 4 heteroatoms. The molecule has 0 aliphatic heterocycles. The lowest BCUT2D eigenvalue weighted by atomic mass is 9.95. The van der Waals surface area contributed by atoms with Crippen LogP contribution in [0.2, 0.25) is 0 Å². The standard InChI is InChI=1S/C11H17NO3/c1-7(2)12-6-11(15)8-3-4-9(13)10(14)5-8/h3-5,7-8,11-12,14-15H,6H2,1-2H3. The van der Waals surface area contributed by atoms with E-state index in [1.54, 1.807) is 6.08 Å². The molecular weight excluding hydrogens is 194 g/mol. The molecule has 0 aromatic carbocycles. The van der Waals surface area contributed by atoms with E-state index in [2.05, 4.69) is 5.32 Å². The molecule has 1 rings (SSSR count). The molecule has 4 nitrogen and oxygen atoms in total. The van der Waals surface area contributed by atoms with E-state index >= 15 is 0 Å². The summed E-state index contributed by atoms with van der Waals surface area (Å²) < 4.78 is 0. The fourth-order valence-corrected chi connectivity index (χ4v) is 1.34. The first kappa shape index (κ1) is 11.9. The summed E-state index contributed by atoms with van der Waals surface area (Å²) in [5.41, 5.74) is 0. The summed E-state index contributed by atoms with van der Waals surface area (Å²) >= 11 is 0. The van der Waals surface area contributed by atoms with Crippen molar-refractivity contribution in [3.63, 3.8) is 0 Å². The highest BCUT2D eigenvalue weighted by Gasteiger charge is 2.20. The Bertz CT molecular complexity index is 294. The summed E-state index contributed by atoms with van der Waals surface area (Å²) in [6, 6.07) is 0.298. The lowest BCUT2D eigenvalue weighted by Crippen LogP contribution is -2.36. The maximum atomic E-state index is 10.9. The van der Waals surface area contributed by atoms with Crippen molar-refractivity contribution in [2.24, 2.45) is 5.92 Å². The van der Waals surface area contributed by atoms with Crippen molar-refractivity contribution in [3.05, 3.63) is 24.0 Å². The van der Waals surface area contributed by atoms with Crippen LogP contribution < -0.4 is 5.32 Å². The number of carbonyl (C=O) groups is 1. The monoisotopic (exact) mass is 211 g/mol. The van der Waals surface area contributed by atoms with Crippen LogP contribution in [0.25, 0.3) is 0 Å². The number of hydrogen-bond acceptors (Lipinski definition) is 4. The molecule has 0 amide bonds. The normalized spacial score (nSPS) is 23.1. The molecule has 0 bridgehead atoms. The second-order valence-corrected chi connectivity index (χ2v) is 3.98. The molecule has 0 radical (unpaired) electrons. The van der Waals surface area contributed by atoms with Gasteiger partial charge in [0.05, 0.1) is 6.10 Å². The third-order valence-corrected chi connectivity index (χ3v) is 2.25. The van der Waals surface area contributed by atoms with Crippen molar-refractivity contribution < 1.29 is 15.0 Å². The van der Waals surface area contributed by atoms with Gasteiger partial charge in [-0.05, 0) is 12.2 Å². The molecule has 2 atom stereocenters. The Hall–Kier alpha value is -1.13. The Labute approximate surface area is 89.3 Å². The highest BCUT2D eigenvalue weighted by atomic mass is 16.3. The van der Waals surface area contributed by atoms with Crippen molar-refractivity contribution in [1.29, 1.82) is 0 Å². The zero-order chi connectivity index (χ0) is 11.4. The van der Waals surface area contributed by atoms with E-state index in [1.807, 2.05) is 13.8 Å². The first-order chi connectivity index (χ1) is 7.00. The van der Waals surface area contributed by atoms with E-state index < -0.39 is 11.9 Å². The number of aliphatic hydroxyl groups excluding tert-OH is 2. The minimum absolute atomic E-state index is 0.286. The van der Waals surface area contributed by atoms with Crippen LogP contribution in [0.15, 0.2) is 24.0 Å². The maximum Gasteiger partial charge on any atom is 0.219 e. The first-order valence-electron chi connectivity index (χ1n) is 5.05. The van der Waals surface area contributed by atoms with Crippen LogP contribution >= 0.6 is 0 Å². The second-order valence-electron chi connectivity index (χ2n) is 3.98. The maximum absolute atomic E-state index is 10.9. The molecule has 0 spiro atoms. The van der Waals surface area contributed by atoms with Gasteiger partial charge in [-0.3, -0.25) is 4.79 Å². The molecule has 1 aliphatic carbocycles. The molecule has 0 aromatic rings. The van der Waals surface area contributed by atoms with Gasteiger partial charge in [-0.25, -0.2) is 0 Å². The van der Waals surface area contributed by atoms with Crippen molar-refractivity contribution in [2.45, 2.75) is 26.0 Å². The quantitative estimate of drug-likeness (QED) is 0.635. The van der Waals surface area contributed by atoms with Gasteiger partial charge >= 0.3 is 0 Å². The van der Waals surface area contributed by atoms with Crippen LogP contribution in [0.1, 0.15) is 13.8 Å². The zero-order valence-electron chi connectivity index (χ0n) is 8.97. The molecule has 15 heavy (non-hydrogen) atoms. The van der Waals surface area contributed by atoms with Gasteiger partial charge in [0, 0.05) is 18.5 Å². The number of allylic oxidation sites excluding steroid dienone is 1. The summed E-state index contributed by atoms with van der Waals surface area (Å²) in [7, 11) is 0. The van der Waals surface area contributed by atoms with E-state index in [-0.39, 0.29) is 11.7 Å². The largest absolute Gasteiger partial charge is 0.504 e. The molecule has 2 unspecified atom stereocenters. The van der Waals surface area contributed by atoms with E-state index in [0.717, 1.165) is 0 Å². The highest BCUT2D eigenvalue weighted by molar-refractivity contribution is 6.02. The average molecular weight is 211 g/mol. The average Bonchev–Trinajstić information content (AvgIpc) is 2.18. The number of ketones is 1. The molecule has 0 aromatic heterocycles. The Morgan fingerprint density at radius 2 is 2.20 bits per heavy atom. The fraction of sp³-hybridized carbons (Fsp3) is 0.545. The van der Waals surface area contributed by atoms with E-state index in [1.165, 1.54) is 12.2 Å². The zero-order valence-corrected chi connectivity index (χ0v) is 8.97. The number of nitrogens with one attached hydrogen (secondary N) is 1. The lowest BCUT2D eigenvalue weighted by molar-refractivity contribution is -0.113. The van der Waals surface area contributed by atoms with Gasteiger partial charge < -0.3 is 15.5 Å². The third kappa shape index (κ3) is 3.49. The van der Waals surface area contributed by atoms with E-state index in [9.17, 15) is 15.0 Å². The van der Waals surface area contributed by atoms with Gasteiger partial charge in [0.25, 0.3) is 0 Å². The minimum Gasteiger partial charge on any atom is -0.504 e. The van der Waals surface area contributed by atoms with Gasteiger partial charge in [-0.2, -0.15) is 0 Å². The smallest absolute Gasteiger partial charge is 0.219 e. The van der Waals surface area contributed by atoms with Crippen LogP contribution in [0.4, 0.5) is 0 Å². The first-order valence-corrected chi connectivity index (χ1v) is 5.05. The summed E-state index contributed by atoms with van der Waals surface area (Å²) in [5, 5.41) is 22.0.